The average Bonchev–Trinajstić information content (AvgIpc) is 1.68. The van der Waals surface area contributed by atoms with E-state index in [9.17, 15) is 84.5 Å². The van der Waals surface area contributed by atoms with Gasteiger partial charge in [0.05, 0.1) is 62.0 Å². The fraction of sp³-hybridized carbons (Fsp3) is 0.937. The molecule has 3 saturated carbocycles. The Morgan fingerprint density at radius 1 is 0.632 bits per heavy atom. The third-order valence-corrected chi connectivity index (χ3v) is 23.4. The Labute approximate surface area is 576 Å². The molecule has 95 heavy (non-hydrogen) atoms. The van der Waals surface area contributed by atoms with Crippen LogP contribution in [-0.4, -0.2) is 288 Å². The van der Waals surface area contributed by atoms with E-state index in [1.54, 1.807) is 13.8 Å². The first-order chi connectivity index (χ1) is 44.0. The molecule has 542 valence electrons. The van der Waals surface area contributed by atoms with E-state index in [0.717, 1.165) is 24.8 Å². The minimum Gasteiger partial charge on any atom is -0.726 e. The molecule has 6 aliphatic heterocycles. The normalized spacial score (nSPS) is 51.1. The van der Waals surface area contributed by atoms with Crippen molar-refractivity contribution in [2.24, 2.45) is 46.3 Å². The maximum absolute atomic E-state index is 12.5. The maximum Gasteiger partial charge on any atom is 1.00 e. The minimum atomic E-state index is -5.09. The van der Waals surface area contributed by atoms with E-state index in [-0.39, 0.29) is 71.5 Å². The van der Waals surface area contributed by atoms with Gasteiger partial charge in [-0.3, -0.25) is 4.18 Å². The number of aliphatic hydroxyl groups excluding tert-OH is 13. The Morgan fingerprint density at radius 2 is 1.19 bits per heavy atom. The van der Waals surface area contributed by atoms with Crippen molar-refractivity contribution in [3.8, 4) is 0 Å². The first-order valence-corrected chi connectivity index (χ1v) is 34.6. The van der Waals surface area contributed by atoms with Crippen LogP contribution in [0.25, 0.3) is 0 Å². The zero-order valence-corrected chi connectivity index (χ0v) is 58.5. The molecule has 0 radical (unpaired) electrons. The summed E-state index contributed by atoms with van der Waals surface area (Å²) in [6.07, 6.45) is -38.8. The van der Waals surface area contributed by atoms with Crippen LogP contribution in [0.2, 0.25) is 0 Å². The van der Waals surface area contributed by atoms with Crippen LogP contribution in [0.3, 0.4) is 0 Å². The summed E-state index contributed by atoms with van der Waals surface area (Å²) in [5.74, 6) is -0.965. The van der Waals surface area contributed by atoms with Gasteiger partial charge >= 0.3 is 29.6 Å². The van der Waals surface area contributed by atoms with Crippen molar-refractivity contribution in [1.82, 2.24) is 0 Å². The molecule has 0 aromatic carbocycles. The van der Waals surface area contributed by atoms with Gasteiger partial charge in [-0.25, -0.2) is 8.42 Å². The van der Waals surface area contributed by atoms with Gasteiger partial charge in [-0.05, 0) is 126 Å². The van der Waals surface area contributed by atoms with Crippen LogP contribution in [0, 0.1) is 46.3 Å². The largest absolute Gasteiger partial charge is 1.00 e. The monoisotopic (exact) mass is 1390 g/mol. The van der Waals surface area contributed by atoms with E-state index in [4.69, 9.17) is 61.0 Å². The van der Waals surface area contributed by atoms with E-state index in [1.165, 1.54) is 19.4 Å². The molecule has 0 spiro atoms. The van der Waals surface area contributed by atoms with Crippen molar-refractivity contribution in [3.05, 3.63) is 23.8 Å². The molecule has 0 amide bonds. The topological polar surface area (TPSA) is 460 Å². The summed E-state index contributed by atoms with van der Waals surface area (Å²) in [6, 6.07) is 0. The van der Waals surface area contributed by atoms with Gasteiger partial charge in [0.25, 0.3) is 0 Å². The molecule has 6 heterocycles. The molecule has 0 aromatic heterocycles. The molecular formula is C63H103NaO30S. The van der Waals surface area contributed by atoms with Gasteiger partial charge < -0.3 is 133 Å². The Bertz CT molecular complexity index is 2700. The number of rotatable bonds is 20. The number of ether oxygens (including phenoxy) is 12. The van der Waals surface area contributed by atoms with Crippen molar-refractivity contribution in [2.45, 2.75) is 304 Å². The standard InChI is InChI=1S/C63H104O30S.Na/c1-24(2)25(3)13-18-63(10,77)39-12-11-32-31-20-36(34-19-30(93-94(78,79)80)14-16-61(34,8)33(31)15-17-62(32,39)9)86-55-26(4)51(42(68)29(7)83-55)89-59-53(92-57-48(74)45(71)40(66)27(5)84-57)44(70)38(23-82-59)88-60-54(47(73)41(67)28(6)85-60)91-56-50(76)52(35(65)22-81-56)90-58-49(75)46(72)43(69)37(21-64)87-58;/h15,24,26-32,34-60,64-77H,3,11-14,16-23H2,1-2,4-10H3,(H,78,79,80);/q;+1/p-1/t26-,27-,28-,29-,30+,31+,32+,34-,35+,36+,37-,38-,39+,40-,41+,42-,43+,44+,45+,46+,47+,48-,49-,50-,51-,52+,53-,54-,55+,56+,57+,58+,59+,60+,61-,62+,63+;/m1./s1. The molecule has 4 aliphatic carbocycles. The summed E-state index contributed by atoms with van der Waals surface area (Å²) >= 11 is 0. The summed E-state index contributed by atoms with van der Waals surface area (Å²) < 4.78 is 116. The summed E-state index contributed by atoms with van der Waals surface area (Å²) in [4.78, 5) is 0. The van der Waals surface area contributed by atoms with Crippen molar-refractivity contribution >= 4 is 10.4 Å². The second kappa shape index (κ2) is 30.9. The SMILES string of the molecule is C=C(CC[C@](C)(O)[C@H]1CC[C@H]2[C@@H]3C[C@H](O[C@@H]4O[C@H](C)[C@@H](O)[C@H](O[C@@H]5OC[C@@H](O[C@@H]6O[C@H](C)[C@H](O)[C@H](O)[C@H]6O[C@@H]6OC[C@H](O)[C@H](O[C@@H]7O[C@H](CO)[C@H](O)[C@H](O)[C@H]7O)[C@H]6O)[C@H](O)[C@H]5O[C@@H]5O[C@H](C)[C@@H](O)[C@H](O)[C@H]5O)[C@H]4C)[C@H]4C[C@@H](OS(=O)(=O)[O-])CC[C@]4(C)C3=CC[C@@]21C)C(C)C.[Na+]. The molecule has 0 unspecified atom stereocenters. The Kier molecular flexibility index (Phi) is 25.5. The average molecular weight is 1400 g/mol. The predicted molar refractivity (Wildman–Crippen MR) is 318 cm³/mol. The van der Waals surface area contributed by atoms with Gasteiger partial charge in [0, 0.05) is 5.92 Å². The number of hydrogen-bond acceptors (Lipinski definition) is 30. The van der Waals surface area contributed by atoms with Gasteiger partial charge in [0.15, 0.2) is 37.7 Å². The predicted octanol–water partition coefficient (Wildman–Crippen LogP) is -5.29. The molecule has 10 rings (SSSR count). The number of hydrogen-bond donors (Lipinski definition) is 14. The number of allylic oxidation sites excluding steroid dienone is 3. The summed E-state index contributed by atoms with van der Waals surface area (Å²) in [5.41, 5.74) is 0.455. The van der Waals surface area contributed by atoms with E-state index in [2.05, 4.69) is 40.3 Å². The molecule has 9 fully saturated rings. The fourth-order valence-electron chi connectivity index (χ4n) is 17.0. The van der Waals surface area contributed by atoms with Crippen molar-refractivity contribution in [3.63, 3.8) is 0 Å². The van der Waals surface area contributed by atoms with Gasteiger partial charge in [0.1, 0.15) is 104 Å². The molecule has 6 saturated heterocycles. The van der Waals surface area contributed by atoms with Gasteiger partial charge in [-0.2, -0.15) is 0 Å². The van der Waals surface area contributed by atoms with Crippen molar-refractivity contribution in [1.29, 1.82) is 0 Å². The molecule has 32 heteroatoms. The van der Waals surface area contributed by atoms with Crippen LogP contribution in [-0.2, 0) is 71.4 Å². The van der Waals surface area contributed by atoms with Gasteiger partial charge in [-0.1, -0.05) is 58.4 Å². The molecule has 37 atom stereocenters. The number of fused-ring (bicyclic) bond motifs is 5. The first-order valence-electron chi connectivity index (χ1n) is 33.3. The van der Waals surface area contributed by atoms with Crippen LogP contribution in [0.15, 0.2) is 23.8 Å². The molecule has 14 N–H and O–H groups in total. The van der Waals surface area contributed by atoms with E-state index in [1.807, 2.05) is 6.92 Å². The first kappa shape index (κ1) is 78.4. The van der Waals surface area contributed by atoms with Crippen molar-refractivity contribution in [2.75, 3.05) is 19.8 Å². The van der Waals surface area contributed by atoms with Crippen LogP contribution in [0.5, 0.6) is 0 Å². The molecule has 0 aromatic rings. The molecule has 30 nitrogen and oxygen atoms in total. The third-order valence-electron chi connectivity index (χ3n) is 22.9. The summed E-state index contributed by atoms with van der Waals surface area (Å²) in [5, 5.41) is 156. The van der Waals surface area contributed by atoms with Crippen LogP contribution in [0.4, 0.5) is 0 Å². The molecule has 0 bridgehead atoms. The Balaban J connectivity index is 0.0000106. The zero-order valence-electron chi connectivity index (χ0n) is 55.7. The van der Waals surface area contributed by atoms with Crippen LogP contribution < -0.4 is 29.6 Å². The van der Waals surface area contributed by atoms with E-state index in [0.29, 0.717) is 25.7 Å². The van der Waals surface area contributed by atoms with Crippen molar-refractivity contribution < 1.29 is 175 Å². The summed E-state index contributed by atoms with van der Waals surface area (Å²) in [6.45, 7) is 18.9. The number of aliphatic hydroxyl groups is 14. The zero-order chi connectivity index (χ0) is 68.7. The van der Waals surface area contributed by atoms with Gasteiger partial charge in [0.2, 0.25) is 10.4 Å². The summed E-state index contributed by atoms with van der Waals surface area (Å²) in [7, 11) is -5.09. The third kappa shape index (κ3) is 15.9. The maximum atomic E-state index is 12.5. The Morgan fingerprint density at radius 3 is 1.84 bits per heavy atom. The minimum absolute atomic E-state index is 0. The second-order valence-electron chi connectivity index (χ2n) is 29.4. The Hall–Kier alpha value is -0.690. The quantitative estimate of drug-likeness (QED) is 0.0234. The van der Waals surface area contributed by atoms with Crippen LogP contribution in [0.1, 0.15) is 120 Å². The fourth-order valence-corrected chi connectivity index (χ4v) is 17.6. The molecular weight excluding hydrogens is 1290 g/mol. The molecule has 10 aliphatic rings. The van der Waals surface area contributed by atoms with E-state index < -0.39 is 231 Å². The van der Waals surface area contributed by atoms with Gasteiger partial charge in [-0.15, -0.1) is 0 Å². The van der Waals surface area contributed by atoms with E-state index >= 15 is 0 Å². The second-order valence-corrected chi connectivity index (χ2v) is 30.4. The van der Waals surface area contributed by atoms with Crippen LogP contribution >= 0.6 is 0 Å². The smallest absolute Gasteiger partial charge is 0.726 e.